The van der Waals surface area contributed by atoms with E-state index in [1.165, 1.54) is 6.33 Å². The normalized spacial score (nSPS) is 17.7. The van der Waals surface area contributed by atoms with Gasteiger partial charge in [-0.15, -0.1) is 0 Å². The van der Waals surface area contributed by atoms with E-state index < -0.39 is 21.5 Å². The van der Waals surface area contributed by atoms with Gasteiger partial charge in [0.05, 0.1) is 12.1 Å². The first-order valence-corrected chi connectivity index (χ1v) is 8.20. The van der Waals surface area contributed by atoms with Crippen LogP contribution in [-0.4, -0.2) is 30.1 Å². The van der Waals surface area contributed by atoms with Crippen molar-refractivity contribution in [1.82, 2.24) is 9.97 Å². The second-order valence-electron chi connectivity index (χ2n) is 4.89. The second kappa shape index (κ2) is 5.36. The standard InChI is InChI=1S/C14H12N4O4S/c15-13(20)11-14(18-7-17-11)16-5-10-12(19)9-4-2-1-3-8(9)6-23(10,21)22/h1-5,7,16H,6H2,(H2,15,20)(H,17,18). The van der Waals surface area contributed by atoms with Gasteiger partial charge in [0.2, 0.25) is 5.78 Å². The van der Waals surface area contributed by atoms with E-state index in [0.29, 0.717) is 11.1 Å². The highest BCUT2D eigenvalue weighted by Gasteiger charge is 2.33. The summed E-state index contributed by atoms with van der Waals surface area (Å²) in [5, 5.41) is 2.56. The number of nitrogens with one attached hydrogen (secondary N) is 2. The number of Topliss-reactive ketones (excluding diaryl/α,β-unsaturated/α-hetero) is 1. The fourth-order valence-corrected chi connectivity index (χ4v) is 3.75. The van der Waals surface area contributed by atoms with E-state index in [1.54, 1.807) is 24.3 Å². The third kappa shape index (κ3) is 2.61. The maximum Gasteiger partial charge on any atom is 0.269 e. The number of benzene rings is 1. The quantitative estimate of drug-likeness (QED) is 0.703. The molecule has 1 aliphatic heterocycles. The molecule has 9 heteroatoms. The third-order valence-corrected chi connectivity index (χ3v) is 5.06. The summed E-state index contributed by atoms with van der Waals surface area (Å²) >= 11 is 0. The molecule has 4 N–H and O–H groups in total. The number of rotatable bonds is 3. The van der Waals surface area contributed by atoms with Crippen molar-refractivity contribution >= 4 is 27.3 Å². The zero-order valence-electron chi connectivity index (χ0n) is 11.7. The SMILES string of the molecule is NC(=O)c1[nH]cnc1NC=C1C(=O)c2ccccc2CS1(=O)=O. The topological polar surface area (TPSA) is 135 Å². The number of sulfone groups is 1. The average molecular weight is 332 g/mol. The number of nitrogens with two attached hydrogens (primary N) is 1. The Hall–Kier alpha value is -2.94. The maximum atomic E-state index is 12.4. The molecular formula is C14H12N4O4S. The fourth-order valence-electron chi connectivity index (χ4n) is 2.30. The number of amides is 1. The number of allylic oxidation sites excluding steroid dienone is 1. The minimum absolute atomic E-state index is 0.0112. The Morgan fingerprint density at radius 1 is 1.35 bits per heavy atom. The van der Waals surface area contributed by atoms with Crippen LogP contribution in [0.1, 0.15) is 26.4 Å². The Morgan fingerprint density at radius 2 is 2.09 bits per heavy atom. The second-order valence-corrected chi connectivity index (χ2v) is 6.85. The van der Waals surface area contributed by atoms with E-state index in [-0.39, 0.29) is 22.2 Å². The van der Waals surface area contributed by atoms with Crippen LogP contribution in [0, 0.1) is 0 Å². The average Bonchev–Trinajstić information content (AvgIpc) is 2.95. The van der Waals surface area contributed by atoms with Gasteiger partial charge in [-0.1, -0.05) is 24.3 Å². The molecule has 118 valence electrons. The number of carbonyl (C=O) groups excluding carboxylic acids is 2. The van der Waals surface area contributed by atoms with Crippen molar-refractivity contribution in [3.8, 4) is 0 Å². The first-order valence-electron chi connectivity index (χ1n) is 6.55. The van der Waals surface area contributed by atoms with Crippen LogP contribution in [0.2, 0.25) is 0 Å². The van der Waals surface area contributed by atoms with E-state index in [1.807, 2.05) is 0 Å². The molecule has 0 bridgehead atoms. The molecule has 2 aromatic rings. The van der Waals surface area contributed by atoms with Gasteiger partial charge in [-0.2, -0.15) is 0 Å². The van der Waals surface area contributed by atoms with Gasteiger partial charge in [0.25, 0.3) is 5.91 Å². The van der Waals surface area contributed by atoms with Crippen molar-refractivity contribution in [2.24, 2.45) is 5.73 Å². The molecular weight excluding hydrogens is 320 g/mol. The number of fused-ring (bicyclic) bond motifs is 1. The molecule has 0 radical (unpaired) electrons. The zero-order chi connectivity index (χ0) is 16.6. The number of ketones is 1. The molecule has 2 heterocycles. The third-order valence-electron chi connectivity index (χ3n) is 3.39. The minimum Gasteiger partial charge on any atom is -0.364 e. The lowest BCUT2D eigenvalue weighted by atomic mass is 10.0. The van der Waals surface area contributed by atoms with Crippen molar-refractivity contribution in [3.05, 3.63) is 58.5 Å². The summed E-state index contributed by atoms with van der Waals surface area (Å²) in [7, 11) is -3.78. The first-order chi connectivity index (χ1) is 10.9. The number of carbonyl (C=O) groups is 2. The van der Waals surface area contributed by atoms with Crippen LogP contribution in [0.25, 0.3) is 0 Å². The number of anilines is 1. The summed E-state index contributed by atoms with van der Waals surface area (Å²) in [6.45, 7) is 0. The van der Waals surface area contributed by atoms with Crippen molar-refractivity contribution in [3.63, 3.8) is 0 Å². The lowest BCUT2D eigenvalue weighted by Crippen LogP contribution is -2.24. The van der Waals surface area contributed by atoms with Crippen LogP contribution in [0.3, 0.4) is 0 Å². The Balaban J connectivity index is 2.00. The fraction of sp³-hybridized carbons (Fsp3) is 0.0714. The van der Waals surface area contributed by atoms with Gasteiger partial charge in [-0.25, -0.2) is 13.4 Å². The lowest BCUT2D eigenvalue weighted by molar-refractivity contribution is 0.0995. The molecule has 0 saturated heterocycles. The van der Waals surface area contributed by atoms with Gasteiger partial charge in [0.15, 0.2) is 15.7 Å². The summed E-state index contributed by atoms with van der Waals surface area (Å²) in [4.78, 5) is 29.6. The largest absolute Gasteiger partial charge is 0.364 e. The highest BCUT2D eigenvalue weighted by molar-refractivity contribution is 7.95. The number of aromatic amines is 1. The van der Waals surface area contributed by atoms with Crippen molar-refractivity contribution < 1.29 is 18.0 Å². The van der Waals surface area contributed by atoms with Crippen molar-refractivity contribution in [1.29, 1.82) is 0 Å². The highest BCUT2D eigenvalue weighted by Crippen LogP contribution is 2.28. The predicted octanol–water partition coefficient (Wildman–Crippen LogP) is 0.573. The number of nitrogens with zero attached hydrogens (tertiary/aromatic N) is 1. The minimum atomic E-state index is -3.78. The van der Waals surface area contributed by atoms with Crippen molar-refractivity contribution in [2.45, 2.75) is 5.75 Å². The lowest BCUT2D eigenvalue weighted by Gasteiger charge is -2.17. The molecule has 1 aromatic heterocycles. The smallest absolute Gasteiger partial charge is 0.269 e. The Bertz CT molecular complexity index is 943. The monoisotopic (exact) mass is 332 g/mol. The van der Waals surface area contributed by atoms with Crippen LogP contribution in [0.4, 0.5) is 5.82 Å². The van der Waals surface area contributed by atoms with Gasteiger partial charge in [-0.3, -0.25) is 9.59 Å². The van der Waals surface area contributed by atoms with Gasteiger partial charge < -0.3 is 16.0 Å². The van der Waals surface area contributed by atoms with Crippen molar-refractivity contribution in [2.75, 3.05) is 5.32 Å². The molecule has 0 spiro atoms. The van der Waals surface area contributed by atoms with Crippen LogP contribution >= 0.6 is 0 Å². The van der Waals surface area contributed by atoms with Crippen LogP contribution in [0.15, 0.2) is 41.7 Å². The Kier molecular flexibility index (Phi) is 3.49. The molecule has 1 amide bonds. The van der Waals surface area contributed by atoms with E-state index in [2.05, 4.69) is 15.3 Å². The summed E-state index contributed by atoms with van der Waals surface area (Å²) < 4.78 is 24.6. The molecule has 0 saturated carbocycles. The van der Waals surface area contributed by atoms with Gasteiger partial charge in [0, 0.05) is 11.8 Å². The molecule has 23 heavy (non-hydrogen) atoms. The molecule has 0 aliphatic carbocycles. The van der Waals surface area contributed by atoms with E-state index in [4.69, 9.17) is 5.73 Å². The number of hydrogen-bond donors (Lipinski definition) is 3. The van der Waals surface area contributed by atoms with Gasteiger partial charge in [-0.05, 0) is 5.56 Å². The zero-order valence-corrected chi connectivity index (χ0v) is 12.6. The maximum absolute atomic E-state index is 12.4. The molecule has 8 nitrogen and oxygen atoms in total. The number of primary amides is 1. The van der Waals surface area contributed by atoms with Crippen LogP contribution in [-0.2, 0) is 15.6 Å². The van der Waals surface area contributed by atoms with Gasteiger partial charge in [0.1, 0.15) is 10.6 Å². The first kappa shape index (κ1) is 15.0. The molecule has 0 unspecified atom stereocenters. The molecule has 1 aliphatic rings. The molecule has 1 aromatic carbocycles. The number of H-pyrrole nitrogens is 1. The molecule has 0 fully saturated rings. The summed E-state index contributed by atoms with van der Waals surface area (Å²) in [6.07, 6.45) is 2.27. The summed E-state index contributed by atoms with van der Waals surface area (Å²) in [5.74, 6) is -1.57. The van der Waals surface area contributed by atoms with E-state index in [0.717, 1.165) is 6.20 Å². The Morgan fingerprint density at radius 3 is 2.83 bits per heavy atom. The van der Waals surface area contributed by atoms with E-state index >= 15 is 0 Å². The number of imidazole rings is 1. The summed E-state index contributed by atoms with van der Waals surface area (Å²) in [6, 6.07) is 6.52. The summed E-state index contributed by atoms with van der Waals surface area (Å²) in [5.41, 5.74) is 5.95. The number of hydrogen-bond acceptors (Lipinski definition) is 6. The predicted molar refractivity (Wildman–Crippen MR) is 82.2 cm³/mol. The Labute approximate surface area is 131 Å². The molecule has 0 atom stereocenters. The van der Waals surface area contributed by atoms with E-state index in [9.17, 15) is 18.0 Å². The number of aromatic nitrogens is 2. The van der Waals surface area contributed by atoms with Crippen LogP contribution < -0.4 is 11.1 Å². The van der Waals surface area contributed by atoms with Gasteiger partial charge >= 0.3 is 0 Å². The highest BCUT2D eigenvalue weighted by atomic mass is 32.2. The molecule has 3 rings (SSSR count). The van der Waals surface area contributed by atoms with Crippen LogP contribution in [0.5, 0.6) is 0 Å².